The van der Waals surface area contributed by atoms with E-state index in [2.05, 4.69) is 10.2 Å². The minimum atomic E-state index is -0.503. The summed E-state index contributed by atoms with van der Waals surface area (Å²) in [6, 6.07) is 14.7. The molecule has 3 aromatic rings. The number of aromatic nitrogens is 4. The van der Waals surface area contributed by atoms with Crippen molar-refractivity contribution in [3.63, 3.8) is 0 Å². The highest BCUT2D eigenvalue weighted by atomic mass is 16.5. The molecular formula is C18H18N4O3. The molecule has 0 N–H and O–H groups in total. The standard InChI is InChI=1S/C18H18N4O3/c1-3-25-18(24)12-21-17(23)10-9-16(20-21)22-13(2)11-15(19-22)14-7-5-4-6-8-14/h4-11H,3,12H2,1-2H3. The van der Waals surface area contributed by atoms with Crippen LogP contribution < -0.4 is 5.56 Å². The molecule has 2 aromatic heterocycles. The fourth-order valence-corrected chi connectivity index (χ4v) is 2.45. The van der Waals surface area contributed by atoms with Gasteiger partial charge in [-0.2, -0.15) is 5.10 Å². The minimum Gasteiger partial charge on any atom is -0.465 e. The van der Waals surface area contributed by atoms with Gasteiger partial charge in [0.25, 0.3) is 5.56 Å². The summed E-state index contributed by atoms with van der Waals surface area (Å²) in [5, 5.41) is 8.80. The average molecular weight is 338 g/mol. The van der Waals surface area contributed by atoms with Gasteiger partial charge in [0.15, 0.2) is 5.82 Å². The summed E-state index contributed by atoms with van der Waals surface area (Å²) < 4.78 is 7.59. The molecule has 0 bridgehead atoms. The summed E-state index contributed by atoms with van der Waals surface area (Å²) in [5.41, 5.74) is 2.30. The smallest absolute Gasteiger partial charge is 0.327 e. The molecule has 7 heteroatoms. The summed E-state index contributed by atoms with van der Waals surface area (Å²) in [5.74, 6) is -0.0417. The van der Waals surface area contributed by atoms with Crippen LogP contribution in [0.2, 0.25) is 0 Å². The lowest BCUT2D eigenvalue weighted by atomic mass is 10.1. The number of carbonyl (C=O) groups is 1. The van der Waals surface area contributed by atoms with Crippen molar-refractivity contribution in [2.24, 2.45) is 0 Å². The Morgan fingerprint density at radius 2 is 1.88 bits per heavy atom. The highest BCUT2D eigenvalue weighted by Crippen LogP contribution is 2.19. The van der Waals surface area contributed by atoms with E-state index < -0.39 is 5.97 Å². The van der Waals surface area contributed by atoms with Crippen LogP contribution in [-0.4, -0.2) is 32.1 Å². The summed E-state index contributed by atoms with van der Waals surface area (Å²) in [6.07, 6.45) is 0. The third-order valence-electron chi connectivity index (χ3n) is 3.61. The van der Waals surface area contributed by atoms with Crippen molar-refractivity contribution in [3.05, 3.63) is 64.6 Å². The Morgan fingerprint density at radius 3 is 2.60 bits per heavy atom. The van der Waals surface area contributed by atoms with Gasteiger partial charge in [0, 0.05) is 17.3 Å². The van der Waals surface area contributed by atoms with Crippen molar-refractivity contribution >= 4 is 5.97 Å². The van der Waals surface area contributed by atoms with Crippen molar-refractivity contribution in [1.82, 2.24) is 19.6 Å². The second-order valence-electron chi connectivity index (χ2n) is 5.44. The van der Waals surface area contributed by atoms with Gasteiger partial charge in [0.05, 0.1) is 12.3 Å². The minimum absolute atomic E-state index is 0.230. The molecule has 25 heavy (non-hydrogen) atoms. The van der Waals surface area contributed by atoms with E-state index in [1.54, 1.807) is 17.7 Å². The van der Waals surface area contributed by atoms with Gasteiger partial charge in [-0.25, -0.2) is 9.36 Å². The Kier molecular flexibility index (Phi) is 4.74. The molecule has 0 saturated heterocycles. The molecule has 0 aliphatic carbocycles. The number of esters is 1. The number of hydrogen-bond donors (Lipinski definition) is 0. The van der Waals surface area contributed by atoms with Crippen molar-refractivity contribution in [1.29, 1.82) is 0 Å². The number of nitrogens with zero attached hydrogens (tertiary/aromatic N) is 4. The van der Waals surface area contributed by atoms with Crippen molar-refractivity contribution < 1.29 is 9.53 Å². The third kappa shape index (κ3) is 3.65. The van der Waals surface area contributed by atoms with Crippen molar-refractivity contribution in [2.45, 2.75) is 20.4 Å². The molecule has 7 nitrogen and oxygen atoms in total. The number of hydrogen-bond acceptors (Lipinski definition) is 5. The molecule has 0 unspecified atom stereocenters. The van der Waals surface area contributed by atoms with Crippen LogP contribution in [0.3, 0.4) is 0 Å². The first-order chi connectivity index (χ1) is 12.1. The molecular weight excluding hydrogens is 320 g/mol. The molecule has 0 fully saturated rings. The number of aryl methyl sites for hydroxylation is 1. The lowest BCUT2D eigenvalue weighted by Gasteiger charge is -2.07. The van der Waals surface area contributed by atoms with Crippen LogP contribution in [0.15, 0.2) is 53.3 Å². The maximum Gasteiger partial charge on any atom is 0.327 e. The molecule has 0 atom stereocenters. The van der Waals surface area contributed by atoms with Crippen LogP contribution in [0, 0.1) is 6.92 Å². The molecule has 3 rings (SSSR count). The van der Waals surface area contributed by atoms with Crippen molar-refractivity contribution in [2.75, 3.05) is 6.61 Å². The Labute approximate surface area is 144 Å². The lowest BCUT2D eigenvalue weighted by Crippen LogP contribution is -2.28. The zero-order valence-electron chi connectivity index (χ0n) is 14.0. The summed E-state index contributed by atoms with van der Waals surface area (Å²) in [4.78, 5) is 23.5. The molecule has 0 aliphatic heterocycles. The van der Waals surface area contributed by atoms with Crippen molar-refractivity contribution in [3.8, 4) is 17.1 Å². The first kappa shape index (κ1) is 16.6. The number of benzene rings is 1. The maximum absolute atomic E-state index is 11.9. The number of carbonyl (C=O) groups excluding carboxylic acids is 1. The summed E-state index contributed by atoms with van der Waals surface area (Å²) in [6.45, 7) is 3.64. The highest BCUT2D eigenvalue weighted by molar-refractivity contribution is 5.69. The molecule has 0 saturated carbocycles. The Morgan fingerprint density at radius 1 is 1.12 bits per heavy atom. The van der Waals surface area contributed by atoms with Gasteiger partial charge in [0.1, 0.15) is 6.54 Å². The van der Waals surface area contributed by atoms with Gasteiger partial charge in [-0.15, -0.1) is 5.10 Å². The summed E-state index contributed by atoms with van der Waals surface area (Å²) in [7, 11) is 0. The zero-order valence-corrected chi connectivity index (χ0v) is 14.0. The van der Waals surface area contributed by atoms with Crippen LogP contribution in [-0.2, 0) is 16.1 Å². The fraction of sp³-hybridized carbons (Fsp3) is 0.222. The first-order valence-corrected chi connectivity index (χ1v) is 7.94. The topological polar surface area (TPSA) is 79.0 Å². The Hall–Kier alpha value is -3.22. The lowest BCUT2D eigenvalue weighted by molar-refractivity contribution is -0.144. The molecule has 2 heterocycles. The van der Waals surface area contributed by atoms with Gasteiger partial charge < -0.3 is 4.74 Å². The van der Waals surface area contributed by atoms with Gasteiger partial charge >= 0.3 is 5.97 Å². The van der Waals surface area contributed by atoms with E-state index >= 15 is 0 Å². The third-order valence-corrected chi connectivity index (χ3v) is 3.61. The zero-order chi connectivity index (χ0) is 17.8. The number of ether oxygens (including phenoxy) is 1. The van der Waals surface area contributed by atoms with E-state index in [1.807, 2.05) is 43.3 Å². The van der Waals surface area contributed by atoms with Crippen LogP contribution in [0.5, 0.6) is 0 Å². The molecule has 0 radical (unpaired) electrons. The van der Waals surface area contributed by atoms with Crippen LogP contribution in [0.25, 0.3) is 17.1 Å². The maximum atomic E-state index is 11.9. The molecule has 1 aromatic carbocycles. The molecule has 128 valence electrons. The second-order valence-corrected chi connectivity index (χ2v) is 5.44. The quantitative estimate of drug-likeness (QED) is 0.665. The highest BCUT2D eigenvalue weighted by Gasteiger charge is 2.12. The molecule has 0 amide bonds. The van der Waals surface area contributed by atoms with E-state index in [4.69, 9.17) is 4.74 Å². The fourth-order valence-electron chi connectivity index (χ4n) is 2.45. The molecule has 0 aliphatic rings. The van der Waals surface area contributed by atoms with E-state index in [1.165, 1.54) is 6.07 Å². The average Bonchev–Trinajstić information content (AvgIpc) is 3.00. The van der Waals surface area contributed by atoms with Gasteiger partial charge in [-0.05, 0) is 26.0 Å². The van der Waals surface area contributed by atoms with E-state index in [9.17, 15) is 9.59 Å². The SMILES string of the molecule is CCOC(=O)Cn1nc(-n2nc(-c3ccccc3)cc2C)ccc1=O. The van der Waals surface area contributed by atoms with E-state index in [-0.39, 0.29) is 18.7 Å². The van der Waals surface area contributed by atoms with Gasteiger partial charge in [0.2, 0.25) is 0 Å². The predicted molar refractivity (Wildman–Crippen MR) is 92.4 cm³/mol. The summed E-state index contributed by atoms with van der Waals surface area (Å²) >= 11 is 0. The van der Waals surface area contributed by atoms with Gasteiger partial charge in [-0.3, -0.25) is 9.59 Å². The second kappa shape index (κ2) is 7.12. The van der Waals surface area contributed by atoms with E-state index in [0.29, 0.717) is 5.82 Å². The predicted octanol–water partition coefficient (Wildman–Crippen LogP) is 1.97. The monoisotopic (exact) mass is 338 g/mol. The normalized spacial score (nSPS) is 10.6. The Bertz CT molecular complexity index is 944. The van der Waals surface area contributed by atoms with E-state index in [0.717, 1.165) is 21.6 Å². The van der Waals surface area contributed by atoms with Crippen LogP contribution >= 0.6 is 0 Å². The molecule has 0 spiro atoms. The van der Waals surface area contributed by atoms with Gasteiger partial charge in [-0.1, -0.05) is 30.3 Å². The van der Waals surface area contributed by atoms with Crippen LogP contribution in [0.1, 0.15) is 12.6 Å². The first-order valence-electron chi connectivity index (χ1n) is 7.94. The Balaban J connectivity index is 1.96. The van der Waals surface area contributed by atoms with Crippen LogP contribution in [0.4, 0.5) is 0 Å². The largest absolute Gasteiger partial charge is 0.465 e. The number of rotatable bonds is 5.